The summed E-state index contributed by atoms with van der Waals surface area (Å²) in [5.74, 6) is 0.718. The highest BCUT2D eigenvalue weighted by Gasteiger charge is 2.22. The van der Waals surface area contributed by atoms with E-state index in [2.05, 4.69) is 35.2 Å². The van der Waals surface area contributed by atoms with Crippen LogP contribution in [0.15, 0.2) is 60.7 Å². The van der Waals surface area contributed by atoms with Crippen LogP contribution in [0.3, 0.4) is 0 Å². The molecule has 3 rings (SSSR count). The zero-order valence-electron chi connectivity index (χ0n) is 14.5. The van der Waals surface area contributed by atoms with Gasteiger partial charge < -0.3 is 9.47 Å². The Kier molecular flexibility index (Phi) is 6.83. The lowest BCUT2D eigenvalue weighted by molar-refractivity contribution is 0.110. The van der Waals surface area contributed by atoms with E-state index in [9.17, 15) is 0 Å². The van der Waals surface area contributed by atoms with E-state index in [0.717, 1.165) is 25.3 Å². The molecule has 0 amide bonds. The van der Waals surface area contributed by atoms with Gasteiger partial charge in [0, 0.05) is 24.8 Å². The van der Waals surface area contributed by atoms with Gasteiger partial charge in [0.15, 0.2) is 0 Å². The van der Waals surface area contributed by atoms with Crippen LogP contribution in [0.4, 0.5) is 0 Å². The Morgan fingerprint density at radius 1 is 1.00 bits per heavy atom. The summed E-state index contributed by atoms with van der Waals surface area (Å²) in [5, 5.41) is 0.205. The highest BCUT2D eigenvalue weighted by Crippen LogP contribution is 2.22. The third kappa shape index (κ3) is 5.83. The van der Waals surface area contributed by atoms with Gasteiger partial charge in [-0.15, -0.1) is 0 Å². The normalized spacial score (nSPS) is 17.8. The molecule has 1 atom stereocenters. The van der Waals surface area contributed by atoms with Gasteiger partial charge in [-0.05, 0) is 43.5 Å². The summed E-state index contributed by atoms with van der Waals surface area (Å²) in [5.41, 5.74) is 1.37. The van der Waals surface area contributed by atoms with Crippen molar-refractivity contribution < 1.29 is 9.47 Å². The average molecular weight is 356 g/mol. The molecule has 0 radical (unpaired) electrons. The van der Waals surface area contributed by atoms with Gasteiger partial charge in [0.2, 0.25) is 0 Å². The Balaban J connectivity index is 1.44. The number of benzene rings is 2. The lowest BCUT2D eigenvalue weighted by Crippen LogP contribution is -2.39. The smallest absolute Gasteiger partial charge is 0.357 e. The van der Waals surface area contributed by atoms with Crippen molar-refractivity contribution in [1.29, 1.82) is 0 Å². The fourth-order valence-corrected chi connectivity index (χ4v) is 3.49. The summed E-state index contributed by atoms with van der Waals surface area (Å²) in [4.78, 5) is 2.57. The predicted octanol–water partition coefficient (Wildman–Crippen LogP) is 4.81. The zero-order chi connectivity index (χ0) is 17.3. The van der Waals surface area contributed by atoms with Gasteiger partial charge in [-0.25, -0.2) is 0 Å². The van der Waals surface area contributed by atoms with Crippen LogP contribution in [0, 0.1) is 0 Å². The topological polar surface area (TPSA) is 21.7 Å². The van der Waals surface area contributed by atoms with Crippen LogP contribution in [0.1, 0.15) is 31.2 Å². The Morgan fingerprint density at radius 3 is 2.48 bits per heavy atom. The molecule has 25 heavy (non-hydrogen) atoms. The van der Waals surface area contributed by atoms with E-state index in [1.165, 1.54) is 24.8 Å². The molecule has 3 nitrogen and oxygen atoms in total. The van der Waals surface area contributed by atoms with E-state index < -0.39 is 0 Å². The van der Waals surface area contributed by atoms with Crippen molar-refractivity contribution in [1.82, 2.24) is 4.90 Å². The zero-order valence-corrected chi connectivity index (χ0v) is 15.3. The van der Waals surface area contributed by atoms with Crippen LogP contribution in [0.5, 0.6) is 5.75 Å². The van der Waals surface area contributed by atoms with Gasteiger partial charge in [-0.3, -0.25) is 4.90 Å². The summed E-state index contributed by atoms with van der Waals surface area (Å²) in [6.45, 7) is 2.77. The minimum absolute atomic E-state index is 0.205. The third-order valence-corrected chi connectivity index (χ3v) is 4.79. The summed E-state index contributed by atoms with van der Waals surface area (Å²) in [6.07, 6.45) is 4.77. The minimum Gasteiger partial charge on any atom is -0.457 e. The summed E-state index contributed by atoms with van der Waals surface area (Å²) >= 11 is 5.18. The first-order valence-corrected chi connectivity index (χ1v) is 9.40. The van der Waals surface area contributed by atoms with Crippen molar-refractivity contribution in [2.45, 2.75) is 38.3 Å². The van der Waals surface area contributed by atoms with Gasteiger partial charge in [0.1, 0.15) is 5.75 Å². The summed E-state index contributed by atoms with van der Waals surface area (Å²) in [7, 11) is 0. The molecule has 1 aliphatic rings. The van der Waals surface area contributed by atoms with Crippen LogP contribution in [0.25, 0.3) is 0 Å². The van der Waals surface area contributed by atoms with E-state index in [-0.39, 0.29) is 5.24 Å². The van der Waals surface area contributed by atoms with E-state index in [1.807, 2.05) is 30.3 Å². The van der Waals surface area contributed by atoms with Gasteiger partial charge in [-0.2, -0.15) is 0 Å². The van der Waals surface area contributed by atoms with Crippen molar-refractivity contribution in [3.8, 4) is 5.75 Å². The van der Waals surface area contributed by atoms with Crippen molar-refractivity contribution in [3.05, 3.63) is 66.2 Å². The molecule has 132 valence electrons. The maximum absolute atomic E-state index is 5.63. The number of ether oxygens (including phenoxy) is 2. The second-order valence-electron chi connectivity index (χ2n) is 6.41. The molecule has 0 aliphatic carbocycles. The number of nitrogens with zero attached hydrogens (tertiary/aromatic N) is 1. The first-order valence-electron chi connectivity index (χ1n) is 8.99. The predicted molar refractivity (Wildman–Crippen MR) is 105 cm³/mol. The number of para-hydroxylation sites is 1. The van der Waals surface area contributed by atoms with Crippen LogP contribution in [0.2, 0.25) is 0 Å². The average Bonchev–Trinajstić information content (AvgIpc) is 2.65. The Bertz CT molecular complexity index is 647. The van der Waals surface area contributed by atoms with Gasteiger partial charge in [0.05, 0.1) is 6.61 Å². The summed E-state index contributed by atoms with van der Waals surface area (Å²) < 4.78 is 11.2. The first-order chi connectivity index (χ1) is 12.3. The van der Waals surface area contributed by atoms with Crippen LogP contribution in [-0.4, -0.2) is 29.3 Å². The van der Waals surface area contributed by atoms with Gasteiger partial charge in [0.25, 0.3) is 0 Å². The van der Waals surface area contributed by atoms with Crippen LogP contribution in [-0.2, 0) is 11.3 Å². The number of piperidine rings is 1. The standard InChI is InChI=1S/C21H25NO2S/c25-21(24-20-12-5-2-6-13-20)23-16-14-19-11-7-8-15-22(19)17-18-9-3-1-4-10-18/h1-6,9-10,12-13,19H,7-8,11,14-17H2. The SMILES string of the molecule is S=C(OCCC1CCCCN1Cc1ccccc1)Oc1ccccc1. The monoisotopic (exact) mass is 355 g/mol. The maximum Gasteiger partial charge on any atom is 0.357 e. The van der Waals surface area contributed by atoms with E-state index in [1.54, 1.807) is 0 Å². The van der Waals surface area contributed by atoms with Crippen molar-refractivity contribution >= 4 is 17.5 Å². The van der Waals surface area contributed by atoms with Crippen molar-refractivity contribution in [2.75, 3.05) is 13.2 Å². The molecular weight excluding hydrogens is 330 g/mol. The molecule has 1 fully saturated rings. The Morgan fingerprint density at radius 2 is 1.72 bits per heavy atom. The Hall–Kier alpha value is -1.91. The lowest BCUT2D eigenvalue weighted by Gasteiger charge is -2.35. The third-order valence-electron chi connectivity index (χ3n) is 4.59. The van der Waals surface area contributed by atoms with E-state index in [0.29, 0.717) is 12.6 Å². The molecule has 2 aromatic carbocycles. The Labute approximate surface area is 155 Å². The molecule has 2 aromatic rings. The number of hydrogen-bond donors (Lipinski definition) is 0. The van der Waals surface area contributed by atoms with Gasteiger partial charge in [-0.1, -0.05) is 55.0 Å². The van der Waals surface area contributed by atoms with Crippen molar-refractivity contribution in [3.63, 3.8) is 0 Å². The fourth-order valence-electron chi connectivity index (χ4n) is 3.31. The largest absolute Gasteiger partial charge is 0.457 e. The number of likely N-dealkylation sites (tertiary alicyclic amines) is 1. The molecule has 0 spiro atoms. The summed E-state index contributed by atoms with van der Waals surface area (Å²) in [6, 6.07) is 20.8. The van der Waals surface area contributed by atoms with E-state index >= 15 is 0 Å². The van der Waals surface area contributed by atoms with Crippen LogP contribution >= 0.6 is 12.2 Å². The molecule has 1 heterocycles. The highest BCUT2D eigenvalue weighted by atomic mass is 32.1. The molecular formula is C21H25NO2S. The van der Waals surface area contributed by atoms with Crippen molar-refractivity contribution in [2.24, 2.45) is 0 Å². The van der Waals surface area contributed by atoms with E-state index in [4.69, 9.17) is 21.7 Å². The molecule has 1 saturated heterocycles. The number of thiocarbonyl (C=S) groups is 1. The molecule has 0 N–H and O–H groups in total. The fraction of sp³-hybridized carbons (Fsp3) is 0.381. The lowest BCUT2D eigenvalue weighted by atomic mass is 9.99. The van der Waals surface area contributed by atoms with Crippen LogP contribution < -0.4 is 4.74 Å². The minimum atomic E-state index is 0.205. The molecule has 0 bridgehead atoms. The quantitative estimate of drug-likeness (QED) is 0.693. The number of rotatable bonds is 6. The molecule has 4 heteroatoms. The molecule has 0 aromatic heterocycles. The maximum atomic E-state index is 5.63. The van der Waals surface area contributed by atoms with Gasteiger partial charge >= 0.3 is 5.24 Å². The highest BCUT2D eigenvalue weighted by molar-refractivity contribution is 7.79. The number of hydrogen-bond acceptors (Lipinski definition) is 4. The first kappa shape index (κ1) is 17.9. The molecule has 1 aliphatic heterocycles. The second kappa shape index (κ2) is 9.54. The molecule has 0 saturated carbocycles. The molecule has 1 unspecified atom stereocenters. The second-order valence-corrected chi connectivity index (χ2v) is 6.74.